The lowest BCUT2D eigenvalue weighted by molar-refractivity contribution is 0.0398. The first-order chi connectivity index (χ1) is 19.1. The first-order valence-corrected chi connectivity index (χ1v) is 13.4. The summed E-state index contributed by atoms with van der Waals surface area (Å²) in [5.74, 6) is -0.453. The molecule has 4 heterocycles. The number of ether oxygens (including phenoxy) is 1. The van der Waals surface area contributed by atoms with Gasteiger partial charge in [-0.3, -0.25) is 14.7 Å². The van der Waals surface area contributed by atoms with Crippen molar-refractivity contribution in [1.82, 2.24) is 19.4 Å². The number of carbonyl (C=O) groups excluding carboxylic acids is 1. The van der Waals surface area contributed by atoms with E-state index in [1.807, 2.05) is 42.7 Å². The van der Waals surface area contributed by atoms with Gasteiger partial charge in [0, 0.05) is 72.5 Å². The van der Waals surface area contributed by atoms with Gasteiger partial charge in [0.1, 0.15) is 5.65 Å². The molecule has 5 aromatic rings. The van der Waals surface area contributed by atoms with E-state index in [9.17, 15) is 4.79 Å². The number of amides is 1. The zero-order chi connectivity index (χ0) is 26.8. The molecule has 0 unspecified atom stereocenters. The fourth-order valence-corrected chi connectivity index (χ4v) is 5.37. The average Bonchev–Trinajstić information content (AvgIpc) is 3.36. The van der Waals surface area contributed by atoms with Crippen LogP contribution in [0, 0.1) is 0 Å². The Bertz CT molecular complexity index is 1650. The van der Waals surface area contributed by atoms with Gasteiger partial charge in [-0.05, 0) is 53.9 Å². The summed E-state index contributed by atoms with van der Waals surface area (Å²) in [6.07, 6.45) is 6.79. The Kier molecular flexibility index (Phi) is 6.96. The molecule has 1 aliphatic heterocycles. The van der Waals surface area contributed by atoms with Crippen molar-refractivity contribution in [2.45, 2.75) is 13.3 Å². The van der Waals surface area contributed by atoms with E-state index in [-0.39, 0.29) is 0 Å². The fraction of sp³-hybridized carbons (Fsp3) is 0.258. The number of fused-ring (bicyclic) bond motifs is 2. The van der Waals surface area contributed by atoms with Crippen LogP contribution in [0.3, 0.4) is 0 Å². The van der Waals surface area contributed by atoms with Gasteiger partial charge in [-0.25, -0.2) is 4.98 Å². The number of aromatic nitrogens is 3. The molecule has 0 bridgehead atoms. The van der Waals surface area contributed by atoms with Gasteiger partial charge in [-0.15, -0.1) is 0 Å². The number of anilines is 1. The van der Waals surface area contributed by atoms with Gasteiger partial charge >= 0.3 is 0 Å². The molecule has 1 fully saturated rings. The van der Waals surface area contributed by atoms with Crippen LogP contribution < -0.4 is 11.1 Å². The topological polar surface area (TPSA) is 98.3 Å². The molecule has 1 amide bonds. The van der Waals surface area contributed by atoms with E-state index in [1.165, 1.54) is 5.56 Å². The van der Waals surface area contributed by atoms with E-state index in [0.717, 1.165) is 83.7 Å². The van der Waals surface area contributed by atoms with Gasteiger partial charge in [0.25, 0.3) is 5.91 Å². The van der Waals surface area contributed by atoms with Crippen molar-refractivity contribution in [3.63, 3.8) is 0 Å². The lowest BCUT2D eigenvalue weighted by Crippen LogP contribution is -2.39. The normalized spacial score (nSPS) is 14.2. The molecular weight excluding hydrogens is 488 g/mol. The molecule has 39 heavy (non-hydrogen) atoms. The number of hydrogen-bond donors (Lipinski definition) is 2. The van der Waals surface area contributed by atoms with Gasteiger partial charge in [-0.2, -0.15) is 0 Å². The summed E-state index contributed by atoms with van der Waals surface area (Å²) in [5, 5.41) is 5.66. The standard InChI is InChI=1S/C31H32N6O2/c1-2-21-20-37(24-7-8-26(30(32)38)28(18-24)33-11-12-36-13-15-39-16-14-36)31-29(21)25(9-10-34-31)23-17-22-5-3-4-6-27(22)35-19-23/h3-10,17-20,33H,2,11-16H2,1H3,(H2,32,38). The summed E-state index contributed by atoms with van der Waals surface area (Å²) in [6, 6.07) is 18.1. The fourth-order valence-electron chi connectivity index (χ4n) is 5.37. The van der Waals surface area contributed by atoms with Crippen LogP contribution in [0.1, 0.15) is 22.8 Å². The van der Waals surface area contributed by atoms with Crippen LogP contribution in [-0.4, -0.2) is 64.7 Å². The third kappa shape index (κ3) is 4.96. The molecule has 3 N–H and O–H groups in total. The van der Waals surface area contributed by atoms with Crippen LogP contribution in [0.5, 0.6) is 0 Å². The minimum atomic E-state index is -0.453. The van der Waals surface area contributed by atoms with Gasteiger partial charge in [0.15, 0.2) is 0 Å². The summed E-state index contributed by atoms with van der Waals surface area (Å²) in [4.78, 5) is 24.1. The molecule has 8 nitrogen and oxygen atoms in total. The Hall–Kier alpha value is -4.27. The molecule has 0 atom stereocenters. The van der Waals surface area contributed by atoms with Crippen molar-refractivity contribution >= 4 is 33.5 Å². The van der Waals surface area contributed by atoms with E-state index in [2.05, 4.69) is 46.1 Å². The van der Waals surface area contributed by atoms with Crippen LogP contribution in [0.15, 0.2) is 73.2 Å². The lowest BCUT2D eigenvalue weighted by Gasteiger charge is -2.26. The molecule has 0 spiro atoms. The van der Waals surface area contributed by atoms with E-state index in [0.29, 0.717) is 12.1 Å². The van der Waals surface area contributed by atoms with Gasteiger partial charge < -0.3 is 20.4 Å². The molecule has 6 rings (SSSR count). The number of pyridine rings is 2. The van der Waals surface area contributed by atoms with Crippen molar-refractivity contribution in [3.05, 3.63) is 84.3 Å². The highest BCUT2D eigenvalue weighted by Crippen LogP contribution is 2.34. The summed E-state index contributed by atoms with van der Waals surface area (Å²) >= 11 is 0. The molecule has 198 valence electrons. The van der Waals surface area contributed by atoms with Crippen LogP contribution in [0.2, 0.25) is 0 Å². The van der Waals surface area contributed by atoms with Crippen LogP contribution >= 0.6 is 0 Å². The molecule has 0 aliphatic carbocycles. The number of nitrogens with one attached hydrogen (secondary N) is 1. The second-order valence-electron chi connectivity index (χ2n) is 9.83. The molecule has 8 heteroatoms. The van der Waals surface area contributed by atoms with Gasteiger partial charge in [0.05, 0.1) is 24.3 Å². The number of hydrogen-bond acceptors (Lipinski definition) is 6. The molecular formula is C31H32N6O2. The zero-order valence-corrected chi connectivity index (χ0v) is 22.1. The number of benzene rings is 2. The van der Waals surface area contributed by atoms with Crippen molar-refractivity contribution < 1.29 is 9.53 Å². The Morgan fingerprint density at radius 2 is 1.92 bits per heavy atom. The highest BCUT2D eigenvalue weighted by Gasteiger charge is 2.18. The Balaban J connectivity index is 1.39. The maximum atomic E-state index is 12.2. The number of carbonyl (C=O) groups is 1. The van der Waals surface area contributed by atoms with E-state index in [4.69, 9.17) is 20.4 Å². The highest BCUT2D eigenvalue weighted by molar-refractivity contribution is 6.00. The number of primary amides is 1. The van der Waals surface area contributed by atoms with Crippen molar-refractivity contribution in [2.75, 3.05) is 44.7 Å². The Morgan fingerprint density at radius 3 is 2.74 bits per heavy atom. The number of rotatable bonds is 8. The van der Waals surface area contributed by atoms with Gasteiger partial charge in [-0.1, -0.05) is 25.1 Å². The molecule has 2 aromatic carbocycles. The summed E-state index contributed by atoms with van der Waals surface area (Å²) in [5.41, 5.74) is 13.0. The largest absolute Gasteiger partial charge is 0.383 e. The molecule has 0 radical (unpaired) electrons. The molecule has 0 saturated carbocycles. The Labute approximate surface area is 227 Å². The summed E-state index contributed by atoms with van der Waals surface area (Å²) in [7, 11) is 0. The maximum absolute atomic E-state index is 12.2. The minimum absolute atomic E-state index is 0.453. The van der Waals surface area contributed by atoms with E-state index in [1.54, 1.807) is 6.07 Å². The highest BCUT2D eigenvalue weighted by atomic mass is 16.5. The van der Waals surface area contributed by atoms with Crippen LogP contribution in [0.4, 0.5) is 5.69 Å². The molecule has 3 aromatic heterocycles. The number of aryl methyl sites for hydroxylation is 1. The number of nitrogens with zero attached hydrogens (tertiary/aromatic N) is 4. The molecule has 1 aliphatic rings. The first kappa shape index (κ1) is 25.0. The summed E-state index contributed by atoms with van der Waals surface area (Å²) < 4.78 is 7.55. The predicted octanol–water partition coefficient (Wildman–Crippen LogP) is 4.65. The van der Waals surface area contributed by atoms with Crippen molar-refractivity contribution in [3.8, 4) is 16.8 Å². The predicted molar refractivity (Wildman–Crippen MR) is 155 cm³/mol. The molecule has 1 saturated heterocycles. The number of para-hydroxylation sites is 1. The van der Waals surface area contributed by atoms with Crippen molar-refractivity contribution in [2.24, 2.45) is 5.73 Å². The van der Waals surface area contributed by atoms with Crippen LogP contribution in [0.25, 0.3) is 38.8 Å². The van der Waals surface area contributed by atoms with Crippen molar-refractivity contribution in [1.29, 1.82) is 0 Å². The SMILES string of the molecule is CCc1cn(-c2ccc(C(N)=O)c(NCCN3CCOCC3)c2)c2nccc(-c3cnc4ccccc4c3)c12. The maximum Gasteiger partial charge on any atom is 0.250 e. The zero-order valence-electron chi connectivity index (χ0n) is 22.1. The quantitative estimate of drug-likeness (QED) is 0.309. The summed E-state index contributed by atoms with van der Waals surface area (Å²) in [6.45, 7) is 7.07. The number of nitrogens with two attached hydrogens (primary N) is 1. The Morgan fingerprint density at radius 1 is 1.08 bits per heavy atom. The number of morpholine rings is 1. The minimum Gasteiger partial charge on any atom is -0.383 e. The first-order valence-electron chi connectivity index (χ1n) is 13.4. The van der Waals surface area contributed by atoms with E-state index >= 15 is 0 Å². The van der Waals surface area contributed by atoms with Gasteiger partial charge in [0.2, 0.25) is 0 Å². The second-order valence-corrected chi connectivity index (χ2v) is 9.83. The lowest BCUT2D eigenvalue weighted by atomic mass is 10.0. The van der Waals surface area contributed by atoms with E-state index < -0.39 is 5.91 Å². The monoisotopic (exact) mass is 520 g/mol. The second kappa shape index (κ2) is 10.8. The third-order valence-corrected chi connectivity index (χ3v) is 7.44. The average molecular weight is 521 g/mol. The van der Waals surface area contributed by atoms with Crippen LogP contribution in [-0.2, 0) is 11.2 Å². The smallest absolute Gasteiger partial charge is 0.250 e. The third-order valence-electron chi connectivity index (χ3n) is 7.44.